The number of hydrogen-bond donors (Lipinski definition) is 2. The molecule has 2 amide bonds. The van der Waals surface area contributed by atoms with Crippen LogP contribution in [0.4, 0.5) is 5.69 Å². The summed E-state index contributed by atoms with van der Waals surface area (Å²) in [4.78, 5) is 26.2. The molecule has 0 radical (unpaired) electrons. The SMILES string of the molecule is C[C@@H]1CCCN(Cc2ccc(NC(=O)CNC(=O)c3ccoc3)cc2)C1. The van der Waals surface area contributed by atoms with Crippen molar-refractivity contribution in [3.63, 3.8) is 0 Å². The zero-order valence-electron chi connectivity index (χ0n) is 15.0. The zero-order chi connectivity index (χ0) is 18.4. The van der Waals surface area contributed by atoms with Gasteiger partial charge in [0.25, 0.3) is 5.91 Å². The molecule has 1 aromatic heterocycles. The quantitative estimate of drug-likeness (QED) is 0.836. The molecule has 1 aromatic carbocycles. The van der Waals surface area contributed by atoms with Crippen LogP contribution >= 0.6 is 0 Å². The molecule has 1 aliphatic rings. The van der Waals surface area contributed by atoms with Crippen molar-refractivity contribution in [2.75, 3.05) is 25.0 Å². The average Bonchev–Trinajstić information content (AvgIpc) is 3.16. The summed E-state index contributed by atoms with van der Waals surface area (Å²) in [5, 5.41) is 5.35. The van der Waals surface area contributed by atoms with Crippen LogP contribution in [-0.2, 0) is 11.3 Å². The number of rotatable bonds is 6. The number of piperidine rings is 1. The number of furan rings is 1. The lowest BCUT2D eigenvalue weighted by molar-refractivity contribution is -0.115. The molecule has 6 nitrogen and oxygen atoms in total. The maximum Gasteiger partial charge on any atom is 0.254 e. The molecule has 2 aromatic rings. The molecule has 138 valence electrons. The molecule has 2 heterocycles. The Morgan fingerprint density at radius 2 is 2.04 bits per heavy atom. The summed E-state index contributed by atoms with van der Waals surface area (Å²) in [6.45, 7) is 5.46. The Balaban J connectivity index is 1.44. The molecule has 1 saturated heterocycles. The maximum absolute atomic E-state index is 12.0. The molecule has 26 heavy (non-hydrogen) atoms. The number of carbonyl (C=O) groups excluding carboxylic acids is 2. The van der Waals surface area contributed by atoms with E-state index in [1.165, 1.54) is 30.9 Å². The molecular formula is C20H25N3O3. The first-order valence-electron chi connectivity index (χ1n) is 9.01. The van der Waals surface area contributed by atoms with E-state index in [1.54, 1.807) is 6.07 Å². The van der Waals surface area contributed by atoms with Crippen LogP contribution in [0.25, 0.3) is 0 Å². The van der Waals surface area contributed by atoms with Crippen LogP contribution in [-0.4, -0.2) is 36.3 Å². The van der Waals surface area contributed by atoms with Crippen molar-refractivity contribution in [1.82, 2.24) is 10.2 Å². The van der Waals surface area contributed by atoms with Gasteiger partial charge in [-0.1, -0.05) is 19.1 Å². The van der Waals surface area contributed by atoms with E-state index in [1.807, 2.05) is 24.3 Å². The van der Waals surface area contributed by atoms with Crippen molar-refractivity contribution < 1.29 is 14.0 Å². The van der Waals surface area contributed by atoms with Crippen LogP contribution in [0.2, 0.25) is 0 Å². The van der Waals surface area contributed by atoms with Crippen molar-refractivity contribution in [2.24, 2.45) is 5.92 Å². The molecule has 3 rings (SSSR count). The predicted octanol–water partition coefficient (Wildman–Crippen LogP) is 2.88. The minimum Gasteiger partial charge on any atom is -0.472 e. The molecule has 6 heteroatoms. The number of benzene rings is 1. The van der Waals surface area contributed by atoms with Crippen LogP contribution in [0.3, 0.4) is 0 Å². The summed E-state index contributed by atoms with van der Waals surface area (Å²) in [7, 11) is 0. The van der Waals surface area contributed by atoms with Gasteiger partial charge in [-0.2, -0.15) is 0 Å². The third kappa shape index (κ3) is 5.20. The van der Waals surface area contributed by atoms with Crippen LogP contribution in [0.1, 0.15) is 35.7 Å². The van der Waals surface area contributed by atoms with Gasteiger partial charge in [0, 0.05) is 18.8 Å². The van der Waals surface area contributed by atoms with Gasteiger partial charge >= 0.3 is 0 Å². The number of nitrogens with one attached hydrogen (secondary N) is 2. The predicted molar refractivity (Wildman–Crippen MR) is 99.8 cm³/mol. The number of anilines is 1. The second kappa shape index (κ2) is 8.67. The van der Waals surface area contributed by atoms with Gasteiger partial charge < -0.3 is 15.1 Å². The number of carbonyl (C=O) groups is 2. The van der Waals surface area contributed by atoms with Crippen molar-refractivity contribution >= 4 is 17.5 Å². The molecule has 0 bridgehead atoms. The molecule has 0 aliphatic carbocycles. The summed E-state index contributed by atoms with van der Waals surface area (Å²) < 4.78 is 4.84. The number of amides is 2. The van der Waals surface area contributed by atoms with Gasteiger partial charge in [0.1, 0.15) is 6.26 Å². The first kappa shape index (κ1) is 18.2. The molecule has 0 saturated carbocycles. The smallest absolute Gasteiger partial charge is 0.254 e. The lowest BCUT2D eigenvalue weighted by atomic mass is 10.00. The second-order valence-corrected chi connectivity index (χ2v) is 6.92. The summed E-state index contributed by atoms with van der Waals surface area (Å²) in [6.07, 6.45) is 5.34. The lowest BCUT2D eigenvalue weighted by Gasteiger charge is -2.30. The highest BCUT2D eigenvalue weighted by Gasteiger charge is 2.16. The summed E-state index contributed by atoms with van der Waals surface area (Å²) in [6, 6.07) is 9.43. The van der Waals surface area contributed by atoms with Gasteiger partial charge in [-0.05, 0) is 49.1 Å². The van der Waals surface area contributed by atoms with Crippen molar-refractivity contribution in [3.05, 3.63) is 54.0 Å². The van der Waals surface area contributed by atoms with Gasteiger partial charge in [0.05, 0.1) is 18.4 Å². The van der Waals surface area contributed by atoms with E-state index in [0.29, 0.717) is 5.56 Å². The number of hydrogen-bond acceptors (Lipinski definition) is 4. The van der Waals surface area contributed by atoms with E-state index in [0.717, 1.165) is 31.2 Å². The van der Waals surface area contributed by atoms with E-state index in [9.17, 15) is 9.59 Å². The van der Waals surface area contributed by atoms with Crippen molar-refractivity contribution in [2.45, 2.75) is 26.3 Å². The zero-order valence-corrected chi connectivity index (χ0v) is 15.0. The fourth-order valence-corrected chi connectivity index (χ4v) is 3.24. The molecular weight excluding hydrogens is 330 g/mol. The van der Waals surface area contributed by atoms with Crippen LogP contribution < -0.4 is 10.6 Å². The Kier molecular flexibility index (Phi) is 6.07. The van der Waals surface area contributed by atoms with E-state index in [4.69, 9.17) is 4.42 Å². The molecule has 1 aliphatic heterocycles. The third-order valence-electron chi connectivity index (χ3n) is 4.58. The minimum absolute atomic E-state index is 0.0859. The van der Waals surface area contributed by atoms with Gasteiger partial charge in [-0.15, -0.1) is 0 Å². The van der Waals surface area contributed by atoms with Crippen LogP contribution in [0, 0.1) is 5.92 Å². The number of nitrogens with zero attached hydrogens (tertiary/aromatic N) is 1. The topological polar surface area (TPSA) is 74.6 Å². The molecule has 2 N–H and O–H groups in total. The fourth-order valence-electron chi connectivity index (χ4n) is 3.24. The molecule has 0 spiro atoms. The molecule has 1 atom stereocenters. The molecule has 0 unspecified atom stereocenters. The van der Waals surface area contributed by atoms with Gasteiger partial charge in [-0.25, -0.2) is 0 Å². The monoisotopic (exact) mass is 355 g/mol. The Hall–Kier alpha value is -2.60. The summed E-state index contributed by atoms with van der Waals surface area (Å²) >= 11 is 0. The Bertz CT molecular complexity index is 725. The van der Waals surface area contributed by atoms with E-state index in [2.05, 4.69) is 22.5 Å². The highest BCUT2D eigenvalue weighted by atomic mass is 16.3. The Labute approximate surface area is 153 Å². The van der Waals surface area contributed by atoms with E-state index < -0.39 is 0 Å². The largest absolute Gasteiger partial charge is 0.472 e. The minimum atomic E-state index is -0.333. The first-order valence-corrected chi connectivity index (χ1v) is 9.01. The van der Waals surface area contributed by atoms with Gasteiger partial charge in [0.2, 0.25) is 5.91 Å². The first-order chi connectivity index (χ1) is 12.6. The van der Waals surface area contributed by atoms with Crippen LogP contribution in [0.5, 0.6) is 0 Å². The maximum atomic E-state index is 12.0. The van der Waals surface area contributed by atoms with Crippen molar-refractivity contribution in [1.29, 1.82) is 0 Å². The number of likely N-dealkylation sites (tertiary alicyclic amines) is 1. The Morgan fingerprint density at radius 3 is 2.73 bits per heavy atom. The van der Waals surface area contributed by atoms with Crippen molar-refractivity contribution in [3.8, 4) is 0 Å². The van der Waals surface area contributed by atoms with E-state index >= 15 is 0 Å². The van der Waals surface area contributed by atoms with Gasteiger partial charge in [-0.3, -0.25) is 14.5 Å². The highest BCUT2D eigenvalue weighted by Crippen LogP contribution is 2.18. The Morgan fingerprint density at radius 1 is 1.23 bits per heavy atom. The van der Waals surface area contributed by atoms with Gasteiger partial charge in [0.15, 0.2) is 0 Å². The fraction of sp³-hybridized carbons (Fsp3) is 0.400. The normalized spacial score (nSPS) is 17.7. The van der Waals surface area contributed by atoms with E-state index in [-0.39, 0.29) is 18.4 Å². The average molecular weight is 355 g/mol. The summed E-state index contributed by atoms with van der Waals surface area (Å²) in [5.74, 6) is 0.166. The lowest BCUT2D eigenvalue weighted by Crippen LogP contribution is -2.33. The second-order valence-electron chi connectivity index (χ2n) is 6.92. The summed E-state index contributed by atoms with van der Waals surface area (Å²) in [5.41, 5.74) is 2.36. The molecule has 1 fully saturated rings. The highest BCUT2D eigenvalue weighted by molar-refractivity contribution is 5.99. The standard InChI is InChI=1S/C20H25N3O3/c1-15-3-2-9-23(12-15)13-16-4-6-18(7-5-16)22-19(24)11-21-20(25)17-8-10-26-14-17/h4-8,10,14-15H,2-3,9,11-13H2,1H3,(H,21,25)(H,22,24)/t15-/m1/s1. The third-order valence-corrected chi connectivity index (χ3v) is 4.58. The van der Waals surface area contributed by atoms with Crippen LogP contribution in [0.15, 0.2) is 47.3 Å².